The molecule has 2 amide bonds. The molecule has 1 aliphatic heterocycles. The van der Waals surface area contributed by atoms with Crippen LogP contribution in [0.2, 0.25) is 15.1 Å². The summed E-state index contributed by atoms with van der Waals surface area (Å²) in [6.07, 6.45) is 0. The molecule has 1 atom stereocenters. The summed E-state index contributed by atoms with van der Waals surface area (Å²) in [6.45, 7) is 3.67. The molecule has 1 aliphatic rings. The van der Waals surface area contributed by atoms with Gasteiger partial charge in [-0.2, -0.15) is 8.42 Å². The molecular formula is C31H28Cl3N5O5S. The van der Waals surface area contributed by atoms with E-state index < -0.39 is 27.9 Å². The molecule has 234 valence electrons. The fourth-order valence-electron chi connectivity index (χ4n) is 4.50. The molecule has 0 fully saturated rings. The van der Waals surface area contributed by atoms with Gasteiger partial charge in [0, 0.05) is 21.4 Å². The van der Waals surface area contributed by atoms with Gasteiger partial charge in [0.25, 0.3) is 17.8 Å². The van der Waals surface area contributed by atoms with E-state index in [1.807, 2.05) is 13.8 Å². The van der Waals surface area contributed by atoms with Crippen molar-refractivity contribution < 1.29 is 22.2 Å². The quantitative estimate of drug-likeness (QED) is 0.113. The first-order chi connectivity index (χ1) is 21.2. The SMILES string of the molecule is Cc1ccc(S(=O)(=O)OC2(N(C)C)Nc3cc(NC(=O)c4cc(Cl)ccc4Cl)cc(C(=O)Nc4ccc(C)c(Cl)c4)c3N2)cc1. The molecule has 0 radical (unpaired) electrons. The van der Waals surface area contributed by atoms with Gasteiger partial charge in [-0.1, -0.05) is 58.6 Å². The van der Waals surface area contributed by atoms with E-state index in [0.717, 1.165) is 11.1 Å². The number of rotatable bonds is 8. The predicted molar refractivity (Wildman–Crippen MR) is 178 cm³/mol. The molecule has 0 spiro atoms. The van der Waals surface area contributed by atoms with Crippen molar-refractivity contribution in [1.29, 1.82) is 0 Å². The van der Waals surface area contributed by atoms with E-state index in [1.165, 1.54) is 41.3 Å². The smallest absolute Gasteiger partial charge is 0.301 e. The normalized spacial score (nSPS) is 15.6. The van der Waals surface area contributed by atoms with Crippen molar-refractivity contribution in [3.8, 4) is 0 Å². The van der Waals surface area contributed by atoms with Gasteiger partial charge in [0.15, 0.2) is 0 Å². The number of benzene rings is 4. The van der Waals surface area contributed by atoms with Gasteiger partial charge in [0.05, 0.1) is 32.4 Å². The summed E-state index contributed by atoms with van der Waals surface area (Å²) in [6, 6.07) is 18.7. The molecule has 0 aliphatic carbocycles. The second kappa shape index (κ2) is 12.5. The average Bonchev–Trinajstić information content (AvgIpc) is 3.34. The standard InChI is InChI=1S/C31H28Cl3N5O5S/c1-17-5-10-22(11-6-17)45(42,43)44-31(39(3)4)37-27-16-21(36-29(40)23-13-19(32)8-12-25(23)33)14-24(28(27)38-31)30(41)35-20-9-7-18(2)26(34)15-20/h5-16,37-38H,1-4H3,(H,35,41)(H,36,40). The fraction of sp³-hybridized carbons (Fsp3) is 0.161. The van der Waals surface area contributed by atoms with Gasteiger partial charge in [-0.3, -0.25) is 9.59 Å². The van der Waals surface area contributed by atoms with Crippen molar-refractivity contribution in [2.75, 3.05) is 35.4 Å². The number of aryl methyl sites for hydroxylation is 2. The zero-order valence-corrected chi connectivity index (χ0v) is 27.5. The first-order valence-electron chi connectivity index (χ1n) is 13.5. The molecule has 10 nitrogen and oxygen atoms in total. The van der Waals surface area contributed by atoms with E-state index in [1.54, 1.807) is 50.5 Å². The van der Waals surface area contributed by atoms with Crippen molar-refractivity contribution in [3.05, 3.63) is 110 Å². The molecular weight excluding hydrogens is 661 g/mol. The summed E-state index contributed by atoms with van der Waals surface area (Å²) in [4.78, 5) is 28.4. The lowest BCUT2D eigenvalue weighted by molar-refractivity contribution is 0.00478. The first-order valence-corrected chi connectivity index (χ1v) is 16.0. The van der Waals surface area contributed by atoms with Crippen molar-refractivity contribution in [1.82, 2.24) is 4.90 Å². The molecule has 5 rings (SSSR count). The van der Waals surface area contributed by atoms with Crippen LogP contribution in [-0.2, 0) is 14.3 Å². The summed E-state index contributed by atoms with van der Waals surface area (Å²) in [5.41, 5.74) is 2.99. The Kier molecular flexibility index (Phi) is 9.05. The van der Waals surface area contributed by atoms with Gasteiger partial charge in [-0.25, -0.2) is 9.08 Å². The molecule has 0 saturated heterocycles. The van der Waals surface area contributed by atoms with Crippen molar-refractivity contribution in [2.45, 2.75) is 24.7 Å². The molecule has 0 bridgehead atoms. The van der Waals surface area contributed by atoms with Crippen LogP contribution in [0.4, 0.5) is 22.7 Å². The van der Waals surface area contributed by atoms with Crippen LogP contribution in [0, 0.1) is 13.8 Å². The number of hydrogen-bond acceptors (Lipinski definition) is 8. The number of nitrogens with zero attached hydrogens (tertiary/aromatic N) is 1. The molecule has 14 heteroatoms. The van der Waals surface area contributed by atoms with E-state index in [-0.39, 0.29) is 38.1 Å². The first kappa shape index (κ1) is 32.6. The van der Waals surface area contributed by atoms with Gasteiger partial charge in [-0.15, -0.1) is 0 Å². The van der Waals surface area contributed by atoms with E-state index >= 15 is 0 Å². The molecule has 0 saturated carbocycles. The minimum absolute atomic E-state index is 0.0595. The highest BCUT2D eigenvalue weighted by Crippen LogP contribution is 2.42. The number of nitrogens with one attached hydrogen (secondary N) is 4. The molecule has 45 heavy (non-hydrogen) atoms. The topological polar surface area (TPSA) is 129 Å². The lowest BCUT2D eigenvalue weighted by atomic mass is 10.1. The number of carbonyl (C=O) groups is 2. The van der Waals surface area contributed by atoms with E-state index in [0.29, 0.717) is 15.7 Å². The Balaban J connectivity index is 1.55. The molecule has 4 aromatic carbocycles. The summed E-state index contributed by atoms with van der Waals surface area (Å²) in [7, 11) is -1.14. The van der Waals surface area contributed by atoms with Crippen LogP contribution >= 0.6 is 34.8 Å². The number of halogens is 3. The lowest BCUT2D eigenvalue weighted by Crippen LogP contribution is -2.57. The molecule has 1 unspecified atom stereocenters. The lowest BCUT2D eigenvalue weighted by Gasteiger charge is -2.35. The minimum atomic E-state index is -4.32. The second-order valence-electron chi connectivity index (χ2n) is 10.6. The third kappa shape index (κ3) is 6.89. The van der Waals surface area contributed by atoms with Crippen LogP contribution in [0.25, 0.3) is 0 Å². The second-order valence-corrected chi connectivity index (χ2v) is 13.4. The Morgan fingerprint density at radius 1 is 0.778 bits per heavy atom. The third-order valence-electron chi connectivity index (χ3n) is 7.01. The largest absolute Gasteiger partial charge is 0.324 e. The van der Waals surface area contributed by atoms with E-state index in [9.17, 15) is 18.0 Å². The average molecular weight is 689 g/mol. The highest BCUT2D eigenvalue weighted by atomic mass is 35.5. The summed E-state index contributed by atoms with van der Waals surface area (Å²) >= 11 is 18.6. The summed E-state index contributed by atoms with van der Waals surface area (Å²) in [5, 5.41) is 12.6. The molecule has 0 aromatic heterocycles. The van der Waals surface area contributed by atoms with Crippen molar-refractivity contribution in [3.63, 3.8) is 0 Å². The van der Waals surface area contributed by atoms with Gasteiger partial charge in [-0.05, 0) is 88.1 Å². The monoisotopic (exact) mass is 687 g/mol. The summed E-state index contributed by atoms with van der Waals surface area (Å²) < 4.78 is 32.6. The Bertz CT molecular complexity index is 1940. The number of amides is 2. The minimum Gasteiger partial charge on any atom is -0.324 e. The number of hydrogen-bond donors (Lipinski definition) is 4. The van der Waals surface area contributed by atoms with Crippen LogP contribution in [0.5, 0.6) is 0 Å². The summed E-state index contributed by atoms with van der Waals surface area (Å²) in [5.74, 6) is -3.01. The maximum atomic E-state index is 13.8. The third-order valence-corrected chi connectivity index (χ3v) is 9.29. The zero-order valence-electron chi connectivity index (χ0n) is 24.5. The maximum Gasteiger partial charge on any atom is 0.301 e. The van der Waals surface area contributed by atoms with Gasteiger partial charge in [0.2, 0.25) is 0 Å². The highest BCUT2D eigenvalue weighted by Gasteiger charge is 2.46. The maximum absolute atomic E-state index is 13.8. The van der Waals surface area contributed by atoms with Crippen LogP contribution in [0.3, 0.4) is 0 Å². The van der Waals surface area contributed by atoms with Crippen LogP contribution in [-0.4, -0.2) is 45.2 Å². The van der Waals surface area contributed by atoms with E-state index in [2.05, 4.69) is 21.3 Å². The Morgan fingerprint density at radius 2 is 1.44 bits per heavy atom. The zero-order chi connectivity index (χ0) is 32.7. The number of anilines is 4. The van der Waals surface area contributed by atoms with Gasteiger partial charge in [0.1, 0.15) is 0 Å². The van der Waals surface area contributed by atoms with Crippen molar-refractivity contribution in [2.24, 2.45) is 0 Å². The van der Waals surface area contributed by atoms with Crippen molar-refractivity contribution >= 4 is 79.5 Å². The predicted octanol–water partition coefficient (Wildman–Crippen LogP) is 7.18. The molecule has 4 aromatic rings. The Hall–Kier alpha value is -3.84. The molecule has 1 heterocycles. The van der Waals surface area contributed by atoms with Gasteiger partial charge < -0.3 is 21.3 Å². The van der Waals surface area contributed by atoms with Crippen LogP contribution < -0.4 is 21.3 Å². The van der Waals surface area contributed by atoms with Gasteiger partial charge >= 0.3 is 10.1 Å². The number of carbonyl (C=O) groups excluding carboxylic acids is 2. The van der Waals surface area contributed by atoms with E-state index in [4.69, 9.17) is 39.0 Å². The van der Waals surface area contributed by atoms with Crippen LogP contribution in [0.1, 0.15) is 31.8 Å². The Labute approximate surface area is 275 Å². The Morgan fingerprint density at radius 3 is 2.11 bits per heavy atom. The highest BCUT2D eigenvalue weighted by molar-refractivity contribution is 7.86. The number of fused-ring (bicyclic) bond motifs is 1. The van der Waals surface area contributed by atoms with Crippen LogP contribution in [0.15, 0.2) is 77.7 Å². The fourth-order valence-corrected chi connectivity index (χ4v) is 6.17. The molecule has 4 N–H and O–H groups in total.